The Labute approximate surface area is 195 Å². The molecule has 0 unspecified atom stereocenters. The molecule has 0 saturated carbocycles. The van der Waals surface area contributed by atoms with E-state index in [0.717, 1.165) is 5.56 Å². The van der Waals surface area contributed by atoms with Crippen LogP contribution in [0, 0.1) is 17.1 Å². The van der Waals surface area contributed by atoms with E-state index in [1.807, 2.05) is 13.0 Å². The minimum absolute atomic E-state index is 0.156. The Kier molecular flexibility index (Phi) is 7.81. The van der Waals surface area contributed by atoms with Gasteiger partial charge in [0.2, 0.25) is 0 Å². The van der Waals surface area contributed by atoms with Crippen LogP contribution in [0.5, 0.6) is 11.5 Å². The fraction of sp³-hybridized carbons (Fsp3) is 0.125. The van der Waals surface area contributed by atoms with Gasteiger partial charge in [-0.05, 0) is 48.9 Å². The van der Waals surface area contributed by atoms with Crippen molar-refractivity contribution in [1.82, 2.24) is 0 Å². The summed E-state index contributed by atoms with van der Waals surface area (Å²) in [5.74, 6) is 0.263. The van der Waals surface area contributed by atoms with Crippen LogP contribution in [0.15, 0.2) is 54.6 Å². The highest BCUT2D eigenvalue weighted by Gasteiger charge is 2.15. The van der Waals surface area contributed by atoms with Crippen LogP contribution in [0.1, 0.15) is 23.6 Å². The number of hydrogen-bond donors (Lipinski definition) is 0. The topological polar surface area (TPSA) is 42.2 Å². The maximum atomic E-state index is 14.1. The number of benzene rings is 3. The van der Waals surface area contributed by atoms with E-state index >= 15 is 0 Å². The molecule has 0 aliphatic heterocycles. The molecular weight excluding hydrogens is 460 g/mol. The first kappa shape index (κ1) is 23.0. The molecule has 0 saturated heterocycles. The van der Waals surface area contributed by atoms with Gasteiger partial charge in [0.15, 0.2) is 11.5 Å². The molecule has 0 aromatic heterocycles. The molecule has 0 radical (unpaired) electrons. The Morgan fingerprint density at radius 3 is 2.48 bits per heavy atom. The lowest BCUT2D eigenvalue weighted by Crippen LogP contribution is -2.01. The zero-order valence-corrected chi connectivity index (χ0v) is 18.7. The van der Waals surface area contributed by atoms with Gasteiger partial charge in [-0.1, -0.05) is 59.1 Å². The second-order valence-electron chi connectivity index (χ2n) is 6.44. The summed E-state index contributed by atoms with van der Waals surface area (Å²) in [7, 11) is 0. The maximum absolute atomic E-state index is 14.1. The Balaban J connectivity index is 1.94. The predicted octanol–water partition coefficient (Wildman–Crippen LogP) is 7.83. The van der Waals surface area contributed by atoms with Crippen LogP contribution in [-0.2, 0) is 6.61 Å². The molecule has 0 heterocycles. The van der Waals surface area contributed by atoms with Crippen LogP contribution in [0.25, 0.3) is 11.6 Å². The van der Waals surface area contributed by atoms with E-state index in [0.29, 0.717) is 33.7 Å². The zero-order chi connectivity index (χ0) is 22.4. The molecule has 0 N–H and O–H groups in total. The summed E-state index contributed by atoms with van der Waals surface area (Å²) >= 11 is 18.6. The molecule has 0 spiro atoms. The Morgan fingerprint density at radius 1 is 1.03 bits per heavy atom. The summed E-state index contributed by atoms with van der Waals surface area (Å²) in [6.07, 6.45) is 1.55. The minimum Gasteiger partial charge on any atom is -0.490 e. The van der Waals surface area contributed by atoms with Crippen LogP contribution in [0.4, 0.5) is 4.39 Å². The number of nitrogens with zero attached hydrogens (tertiary/aromatic N) is 1. The van der Waals surface area contributed by atoms with Crippen molar-refractivity contribution >= 4 is 46.5 Å². The molecule has 0 bridgehead atoms. The lowest BCUT2D eigenvalue weighted by molar-refractivity contribution is 0.269. The largest absolute Gasteiger partial charge is 0.490 e. The molecule has 31 heavy (non-hydrogen) atoms. The van der Waals surface area contributed by atoms with Crippen LogP contribution < -0.4 is 9.47 Å². The highest BCUT2D eigenvalue weighted by molar-refractivity contribution is 6.35. The first-order valence-electron chi connectivity index (χ1n) is 9.32. The lowest BCUT2D eigenvalue weighted by Gasteiger charge is -2.15. The van der Waals surface area contributed by atoms with Gasteiger partial charge in [0, 0.05) is 21.2 Å². The molecule has 0 amide bonds. The number of allylic oxidation sites excluding steroid dienone is 1. The third-order valence-electron chi connectivity index (χ3n) is 4.31. The molecule has 0 fully saturated rings. The zero-order valence-electron chi connectivity index (χ0n) is 16.5. The Bertz CT molecular complexity index is 1170. The van der Waals surface area contributed by atoms with Gasteiger partial charge in [-0.15, -0.1) is 0 Å². The molecule has 7 heteroatoms. The van der Waals surface area contributed by atoms with Gasteiger partial charge in [-0.2, -0.15) is 5.26 Å². The van der Waals surface area contributed by atoms with E-state index in [1.54, 1.807) is 54.6 Å². The van der Waals surface area contributed by atoms with Crippen molar-refractivity contribution in [2.75, 3.05) is 6.61 Å². The lowest BCUT2D eigenvalue weighted by atomic mass is 10.0. The SMILES string of the molecule is CCOc1cc(/C=C(/C#N)c2ccccc2F)cc(Cl)c1OCc1ccc(Cl)cc1Cl. The fourth-order valence-corrected chi connectivity index (χ4v) is 3.62. The third-order valence-corrected chi connectivity index (χ3v) is 5.18. The van der Waals surface area contributed by atoms with Gasteiger partial charge < -0.3 is 9.47 Å². The number of halogens is 4. The summed E-state index contributed by atoms with van der Waals surface area (Å²) in [5.41, 5.74) is 1.68. The molecule has 3 nitrogen and oxygen atoms in total. The number of rotatable bonds is 7. The molecule has 0 aliphatic carbocycles. The molecular formula is C24H17Cl3FNO2. The van der Waals surface area contributed by atoms with Crippen molar-refractivity contribution in [3.8, 4) is 17.6 Å². The van der Waals surface area contributed by atoms with Crippen molar-refractivity contribution in [2.45, 2.75) is 13.5 Å². The van der Waals surface area contributed by atoms with Crippen LogP contribution in [0.2, 0.25) is 15.1 Å². The summed E-state index contributed by atoms with van der Waals surface area (Å²) in [6, 6.07) is 16.5. The number of hydrogen-bond acceptors (Lipinski definition) is 3. The normalized spacial score (nSPS) is 11.2. The highest BCUT2D eigenvalue weighted by Crippen LogP contribution is 2.38. The molecule has 0 aliphatic rings. The second kappa shape index (κ2) is 10.5. The monoisotopic (exact) mass is 475 g/mol. The van der Waals surface area contributed by atoms with Gasteiger partial charge in [0.05, 0.1) is 23.3 Å². The second-order valence-corrected chi connectivity index (χ2v) is 7.69. The quantitative estimate of drug-likeness (QED) is 0.258. The maximum Gasteiger partial charge on any atom is 0.180 e. The number of nitriles is 1. The minimum atomic E-state index is -0.480. The van der Waals surface area contributed by atoms with E-state index in [1.165, 1.54) is 6.07 Å². The van der Waals surface area contributed by atoms with E-state index < -0.39 is 5.82 Å². The van der Waals surface area contributed by atoms with Gasteiger partial charge in [-0.25, -0.2) is 4.39 Å². The molecule has 0 atom stereocenters. The van der Waals surface area contributed by atoms with Crippen LogP contribution in [-0.4, -0.2) is 6.61 Å². The van der Waals surface area contributed by atoms with Crippen molar-refractivity contribution in [3.05, 3.63) is 92.2 Å². The molecule has 158 valence electrons. The summed E-state index contributed by atoms with van der Waals surface area (Å²) in [4.78, 5) is 0. The van der Waals surface area contributed by atoms with Crippen LogP contribution in [0.3, 0.4) is 0 Å². The average Bonchev–Trinajstić information content (AvgIpc) is 2.73. The van der Waals surface area contributed by atoms with Crippen LogP contribution >= 0.6 is 34.8 Å². The fourth-order valence-electron chi connectivity index (χ4n) is 2.88. The van der Waals surface area contributed by atoms with Crippen molar-refractivity contribution < 1.29 is 13.9 Å². The molecule has 3 aromatic carbocycles. The average molecular weight is 477 g/mol. The van der Waals surface area contributed by atoms with Gasteiger partial charge in [0.25, 0.3) is 0 Å². The van der Waals surface area contributed by atoms with Crippen molar-refractivity contribution in [2.24, 2.45) is 0 Å². The Morgan fingerprint density at radius 2 is 1.81 bits per heavy atom. The van der Waals surface area contributed by atoms with E-state index in [2.05, 4.69) is 0 Å². The van der Waals surface area contributed by atoms with Gasteiger partial charge >= 0.3 is 0 Å². The first-order valence-corrected chi connectivity index (χ1v) is 10.5. The van der Waals surface area contributed by atoms with Crippen molar-refractivity contribution in [3.63, 3.8) is 0 Å². The highest BCUT2D eigenvalue weighted by atomic mass is 35.5. The van der Waals surface area contributed by atoms with Gasteiger partial charge in [0.1, 0.15) is 12.4 Å². The van der Waals surface area contributed by atoms with E-state index in [4.69, 9.17) is 44.3 Å². The van der Waals surface area contributed by atoms with Gasteiger partial charge in [-0.3, -0.25) is 0 Å². The Hall–Kier alpha value is -2.71. The summed E-state index contributed by atoms with van der Waals surface area (Å²) in [5, 5.41) is 10.8. The molecule has 3 aromatic rings. The van der Waals surface area contributed by atoms with E-state index in [-0.39, 0.29) is 22.8 Å². The van der Waals surface area contributed by atoms with Crippen molar-refractivity contribution in [1.29, 1.82) is 5.26 Å². The number of ether oxygens (including phenoxy) is 2. The summed E-state index contributed by atoms with van der Waals surface area (Å²) < 4.78 is 25.7. The standard InChI is InChI=1S/C24H17Cl3FNO2/c1-2-30-23-11-15(9-17(13-29)19-5-3-4-6-22(19)28)10-21(27)24(23)31-14-16-7-8-18(25)12-20(16)26/h3-12H,2,14H2,1H3/b17-9-. The summed E-state index contributed by atoms with van der Waals surface area (Å²) in [6.45, 7) is 2.36. The molecule has 3 rings (SSSR count). The smallest absolute Gasteiger partial charge is 0.180 e. The predicted molar refractivity (Wildman–Crippen MR) is 123 cm³/mol. The first-order chi connectivity index (χ1) is 14.9. The third kappa shape index (κ3) is 5.71. The van der Waals surface area contributed by atoms with E-state index in [9.17, 15) is 9.65 Å².